The lowest BCUT2D eigenvalue weighted by Crippen LogP contribution is -2.16. The van der Waals surface area contributed by atoms with Crippen molar-refractivity contribution in [1.29, 1.82) is 0 Å². The van der Waals surface area contributed by atoms with Gasteiger partial charge in [-0.2, -0.15) is 0 Å². The van der Waals surface area contributed by atoms with Crippen molar-refractivity contribution in [2.75, 3.05) is 14.2 Å². The highest BCUT2D eigenvalue weighted by Gasteiger charge is 2.21. The van der Waals surface area contributed by atoms with Gasteiger partial charge in [0.05, 0.1) is 19.9 Å². The van der Waals surface area contributed by atoms with Crippen LogP contribution in [0, 0.1) is 6.92 Å². The van der Waals surface area contributed by atoms with Gasteiger partial charge in [-0.3, -0.25) is 0 Å². The average molecular weight is 209 g/mol. The van der Waals surface area contributed by atoms with Crippen LogP contribution in [0.5, 0.6) is 11.6 Å². The van der Waals surface area contributed by atoms with Gasteiger partial charge >= 0.3 is 0 Å². The second-order valence-corrected chi connectivity index (χ2v) is 4.62. The van der Waals surface area contributed by atoms with Crippen LogP contribution in [0.2, 0.25) is 0 Å². The fourth-order valence-electron chi connectivity index (χ4n) is 1.62. The Bertz CT molecular complexity index is 353. The van der Waals surface area contributed by atoms with E-state index in [9.17, 15) is 0 Å². The third-order valence-electron chi connectivity index (χ3n) is 2.27. The summed E-state index contributed by atoms with van der Waals surface area (Å²) in [5, 5.41) is 0. The van der Waals surface area contributed by atoms with E-state index in [2.05, 4.69) is 25.8 Å². The molecule has 3 heteroatoms. The van der Waals surface area contributed by atoms with E-state index in [1.807, 2.05) is 13.0 Å². The molecule has 3 nitrogen and oxygen atoms in total. The number of ether oxygens (including phenoxy) is 2. The molecule has 0 saturated heterocycles. The third-order valence-corrected chi connectivity index (χ3v) is 2.27. The van der Waals surface area contributed by atoms with Crippen molar-refractivity contribution in [3.8, 4) is 11.6 Å². The van der Waals surface area contributed by atoms with Gasteiger partial charge in [-0.15, -0.1) is 0 Å². The van der Waals surface area contributed by atoms with Crippen LogP contribution in [-0.4, -0.2) is 19.2 Å². The highest BCUT2D eigenvalue weighted by molar-refractivity contribution is 5.41. The SMILES string of the molecule is COc1cc(C)c(C(C)(C)C)nc1OC. The number of aryl methyl sites for hydroxylation is 1. The Morgan fingerprint density at radius 1 is 1.13 bits per heavy atom. The summed E-state index contributed by atoms with van der Waals surface area (Å²) < 4.78 is 10.4. The maximum Gasteiger partial charge on any atom is 0.256 e. The molecule has 0 spiro atoms. The Kier molecular flexibility index (Phi) is 3.22. The van der Waals surface area contributed by atoms with E-state index in [1.54, 1.807) is 14.2 Å². The molecular weight excluding hydrogens is 190 g/mol. The third kappa shape index (κ3) is 2.41. The molecule has 0 aliphatic heterocycles. The molecule has 0 aromatic carbocycles. The van der Waals surface area contributed by atoms with E-state index in [4.69, 9.17) is 9.47 Å². The van der Waals surface area contributed by atoms with Crippen LogP contribution in [0.25, 0.3) is 0 Å². The van der Waals surface area contributed by atoms with E-state index in [1.165, 1.54) is 0 Å². The number of aromatic nitrogens is 1. The number of hydrogen-bond acceptors (Lipinski definition) is 3. The number of pyridine rings is 1. The fourth-order valence-corrected chi connectivity index (χ4v) is 1.62. The summed E-state index contributed by atoms with van der Waals surface area (Å²) in [6.45, 7) is 8.44. The summed E-state index contributed by atoms with van der Waals surface area (Å²) in [5.74, 6) is 1.23. The Morgan fingerprint density at radius 3 is 2.13 bits per heavy atom. The van der Waals surface area contributed by atoms with E-state index in [-0.39, 0.29) is 5.41 Å². The van der Waals surface area contributed by atoms with Crippen molar-refractivity contribution >= 4 is 0 Å². The Morgan fingerprint density at radius 2 is 1.73 bits per heavy atom. The first kappa shape index (κ1) is 11.8. The number of rotatable bonds is 2. The Labute approximate surface area is 91.4 Å². The molecule has 0 atom stereocenters. The van der Waals surface area contributed by atoms with Gasteiger partial charge in [0.25, 0.3) is 5.88 Å². The summed E-state index contributed by atoms with van der Waals surface area (Å²) >= 11 is 0. The normalized spacial score (nSPS) is 11.3. The first-order valence-corrected chi connectivity index (χ1v) is 5.00. The molecule has 1 rings (SSSR count). The number of nitrogens with zero attached hydrogens (tertiary/aromatic N) is 1. The number of methoxy groups -OCH3 is 2. The van der Waals surface area contributed by atoms with Crippen LogP contribution in [0.1, 0.15) is 32.0 Å². The highest BCUT2D eigenvalue weighted by Crippen LogP contribution is 2.32. The first-order valence-electron chi connectivity index (χ1n) is 5.00. The monoisotopic (exact) mass is 209 g/mol. The zero-order valence-electron chi connectivity index (χ0n) is 10.3. The van der Waals surface area contributed by atoms with Gasteiger partial charge in [-0.1, -0.05) is 20.8 Å². The van der Waals surface area contributed by atoms with Crippen LogP contribution in [-0.2, 0) is 5.41 Å². The zero-order valence-corrected chi connectivity index (χ0v) is 10.3. The van der Waals surface area contributed by atoms with Gasteiger partial charge in [-0.25, -0.2) is 4.98 Å². The minimum atomic E-state index is 0.0175. The van der Waals surface area contributed by atoms with Crippen molar-refractivity contribution in [3.05, 3.63) is 17.3 Å². The topological polar surface area (TPSA) is 31.4 Å². The lowest BCUT2D eigenvalue weighted by Gasteiger charge is -2.21. The average Bonchev–Trinajstić information content (AvgIpc) is 2.15. The second-order valence-electron chi connectivity index (χ2n) is 4.62. The molecule has 15 heavy (non-hydrogen) atoms. The molecule has 0 N–H and O–H groups in total. The van der Waals surface area contributed by atoms with Gasteiger partial charge in [-0.05, 0) is 18.6 Å². The first-order chi connectivity index (χ1) is 6.90. The van der Waals surface area contributed by atoms with E-state index in [0.29, 0.717) is 11.6 Å². The van der Waals surface area contributed by atoms with Gasteiger partial charge in [0.1, 0.15) is 0 Å². The van der Waals surface area contributed by atoms with Crippen LogP contribution >= 0.6 is 0 Å². The van der Waals surface area contributed by atoms with Gasteiger partial charge in [0.15, 0.2) is 5.75 Å². The molecular formula is C12H19NO2. The maximum atomic E-state index is 5.20. The van der Waals surface area contributed by atoms with Crippen LogP contribution in [0.4, 0.5) is 0 Å². The van der Waals surface area contributed by atoms with Crippen molar-refractivity contribution in [3.63, 3.8) is 0 Å². The molecule has 0 bridgehead atoms. The molecule has 0 radical (unpaired) electrons. The minimum Gasteiger partial charge on any atom is -0.491 e. The predicted molar refractivity (Wildman–Crippen MR) is 60.8 cm³/mol. The Hall–Kier alpha value is -1.25. The standard InChI is InChI=1S/C12H19NO2/c1-8-7-9(14-5)11(15-6)13-10(8)12(2,3)4/h7H,1-6H3. The summed E-state index contributed by atoms with van der Waals surface area (Å²) in [7, 11) is 3.22. The Balaban J connectivity index is 3.32. The summed E-state index contributed by atoms with van der Waals surface area (Å²) in [5.41, 5.74) is 2.18. The lowest BCUT2D eigenvalue weighted by atomic mass is 9.89. The zero-order chi connectivity index (χ0) is 11.6. The lowest BCUT2D eigenvalue weighted by molar-refractivity contribution is 0.338. The molecule has 0 fully saturated rings. The van der Waals surface area contributed by atoms with Crippen molar-refractivity contribution in [1.82, 2.24) is 4.98 Å². The van der Waals surface area contributed by atoms with E-state index >= 15 is 0 Å². The second kappa shape index (κ2) is 4.09. The number of hydrogen-bond donors (Lipinski definition) is 0. The molecule has 84 valence electrons. The van der Waals surface area contributed by atoms with Crippen LogP contribution < -0.4 is 9.47 Å². The fraction of sp³-hybridized carbons (Fsp3) is 0.583. The van der Waals surface area contributed by atoms with Crippen molar-refractivity contribution < 1.29 is 9.47 Å². The smallest absolute Gasteiger partial charge is 0.256 e. The van der Waals surface area contributed by atoms with Gasteiger partial charge < -0.3 is 9.47 Å². The molecule has 1 heterocycles. The summed E-state index contributed by atoms with van der Waals surface area (Å²) in [6.07, 6.45) is 0. The molecule has 1 aromatic heterocycles. The highest BCUT2D eigenvalue weighted by atomic mass is 16.5. The van der Waals surface area contributed by atoms with Gasteiger partial charge in [0.2, 0.25) is 0 Å². The van der Waals surface area contributed by atoms with Crippen LogP contribution in [0.15, 0.2) is 6.07 Å². The molecule has 0 aliphatic carbocycles. The summed E-state index contributed by atoms with van der Waals surface area (Å²) in [6, 6.07) is 1.96. The van der Waals surface area contributed by atoms with Crippen molar-refractivity contribution in [2.24, 2.45) is 0 Å². The molecule has 0 amide bonds. The maximum absolute atomic E-state index is 5.20. The van der Waals surface area contributed by atoms with Crippen molar-refractivity contribution in [2.45, 2.75) is 33.1 Å². The molecule has 0 unspecified atom stereocenters. The molecule has 0 aliphatic rings. The van der Waals surface area contributed by atoms with E-state index in [0.717, 1.165) is 11.3 Å². The van der Waals surface area contributed by atoms with Crippen LogP contribution in [0.3, 0.4) is 0 Å². The predicted octanol–water partition coefficient (Wildman–Crippen LogP) is 2.70. The molecule has 0 saturated carbocycles. The largest absolute Gasteiger partial charge is 0.491 e. The molecule has 1 aromatic rings. The van der Waals surface area contributed by atoms with Gasteiger partial charge in [0, 0.05) is 5.41 Å². The quantitative estimate of drug-likeness (QED) is 0.750. The van der Waals surface area contributed by atoms with E-state index < -0.39 is 0 Å². The minimum absolute atomic E-state index is 0.0175. The summed E-state index contributed by atoms with van der Waals surface area (Å²) in [4.78, 5) is 4.49.